The Morgan fingerprint density at radius 2 is 2.29 bits per heavy atom. The van der Waals surface area contributed by atoms with E-state index in [1.54, 1.807) is 6.33 Å². The van der Waals surface area contributed by atoms with E-state index in [-0.39, 0.29) is 5.28 Å². The van der Waals surface area contributed by atoms with Gasteiger partial charge >= 0.3 is 0 Å². The van der Waals surface area contributed by atoms with Crippen LogP contribution in [0.1, 0.15) is 26.2 Å². The molecule has 0 radical (unpaired) electrons. The van der Waals surface area contributed by atoms with Gasteiger partial charge < -0.3 is 9.88 Å². The molecule has 5 nitrogen and oxygen atoms in total. The summed E-state index contributed by atoms with van der Waals surface area (Å²) in [5.74, 6) is 0.813. The third kappa shape index (κ3) is 2.07. The van der Waals surface area contributed by atoms with Crippen molar-refractivity contribution < 1.29 is 0 Å². The third-order valence-electron chi connectivity index (χ3n) is 2.83. The first-order valence-electron chi connectivity index (χ1n) is 5.93. The maximum atomic E-state index is 5.90. The van der Waals surface area contributed by atoms with Crippen LogP contribution in [0, 0.1) is 0 Å². The zero-order chi connectivity index (χ0) is 11.8. The molecule has 1 saturated carbocycles. The van der Waals surface area contributed by atoms with Crippen LogP contribution in [-0.4, -0.2) is 25.6 Å². The van der Waals surface area contributed by atoms with Gasteiger partial charge in [-0.15, -0.1) is 0 Å². The number of hydrogen-bond donors (Lipinski definition) is 1. The molecular formula is C11H14ClN5. The molecule has 1 fully saturated rings. The molecule has 1 aliphatic rings. The molecule has 3 rings (SSSR count). The third-order valence-corrected chi connectivity index (χ3v) is 3.00. The van der Waals surface area contributed by atoms with Crippen molar-refractivity contribution in [3.63, 3.8) is 0 Å². The second-order valence-corrected chi connectivity index (χ2v) is 4.71. The number of fused-ring (bicyclic) bond motifs is 1. The van der Waals surface area contributed by atoms with Gasteiger partial charge in [0, 0.05) is 12.6 Å². The Kier molecular flexibility index (Phi) is 2.63. The number of halogens is 1. The van der Waals surface area contributed by atoms with Crippen molar-refractivity contribution >= 4 is 28.6 Å². The Balaban J connectivity index is 2.10. The Bertz CT molecular complexity index is 546. The first-order chi connectivity index (χ1) is 8.28. The van der Waals surface area contributed by atoms with E-state index in [2.05, 4.69) is 31.8 Å². The average molecular weight is 252 g/mol. The number of nitrogens with zero attached hydrogens (tertiary/aromatic N) is 4. The molecule has 1 aliphatic carbocycles. The summed E-state index contributed by atoms with van der Waals surface area (Å²) in [5, 5.41) is 3.64. The zero-order valence-corrected chi connectivity index (χ0v) is 10.4. The fourth-order valence-electron chi connectivity index (χ4n) is 1.89. The van der Waals surface area contributed by atoms with Crippen LogP contribution in [0.15, 0.2) is 6.33 Å². The van der Waals surface area contributed by atoms with E-state index in [4.69, 9.17) is 11.6 Å². The van der Waals surface area contributed by atoms with Crippen LogP contribution in [0.5, 0.6) is 0 Å². The van der Waals surface area contributed by atoms with Crippen molar-refractivity contribution in [2.24, 2.45) is 0 Å². The van der Waals surface area contributed by atoms with E-state index in [0.29, 0.717) is 11.7 Å². The summed E-state index contributed by atoms with van der Waals surface area (Å²) in [4.78, 5) is 12.7. The molecule has 90 valence electrons. The van der Waals surface area contributed by atoms with E-state index >= 15 is 0 Å². The number of aryl methyl sites for hydroxylation is 1. The highest BCUT2D eigenvalue weighted by Crippen LogP contribution is 2.28. The second kappa shape index (κ2) is 4.14. The summed E-state index contributed by atoms with van der Waals surface area (Å²) >= 11 is 5.90. The SMILES string of the molecule is CCCn1cnc2nc(Cl)nc(NC3CC3)c21. The van der Waals surface area contributed by atoms with Gasteiger partial charge in [0.1, 0.15) is 5.52 Å². The molecule has 17 heavy (non-hydrogen) atoms. The van der Waals surface area contributed by atoms with Crippen molar-refractivity contribution in [3.05, 3.63) is 11.6 Å². The lowest BCUT2D eigenvalue weighted by Gasteiger charge is -2.08. The van der Waals surface area contributed by atoms with Gasteiger partial charge in [-0.3, -0.25) is 0 Å². The Labute approximate surface area is 104 Å². The van der Waals surface area contributed by atoms with Crippen molar-refractivity contribution in [3.8, 4) is 0 Å². The molecule has 0 bridgehead atoms. The molecule has 2 aromatic heterocycles. The summed E-state index contributed by atoms with van der Waals surface area (Å²) in [5.41, 5.74) is 1.63. The van der Waals surface area contributed by atoms with Gasteiger partial charge in [-0.25, -0.2) is 4.98 Å². The van der Waals surface area contributed by atoms with Crippen LogP contribution < -0.4 is 5.32 Å². The normalized spacial score (nSPS) is 15.4. The number of hydrogen-bond acceptors (Lipinski definition) is 4. The average Bonchev–Trinajstić information content (AvgIpc) is 3.00. The lowest BCUT2D eigenvalue weighted by molar-refractivity contribution is 0.696. The highest BCUT2D eigenvalue weighted by molar-refractivity contribution is 6.28. The molecule has 0 atom stereocenters. The van der Waals surface area contributed by atoms with Gasteiger partial charge in [0.2, 0.25) is 5.28 Å². The minimum absolute atomic E-state index is 0.252. The topological polar surface area (TPSA) is 55.6 Å². The zero-order valence-electron chi connectivity index (χ0n) is 9.65. The molecule has 0 amide bonds. The summed E-state index contributed by atoms with van der Waals surface area (Å²) in [6.45, 7) is 3.05. The number of rotatable bonds is 4. The van der Waals surface area contributed by atoms with E-state index in [1.807, 2.05) is 0 Å². The summed E-state index contributed by atoms with van der Waals surface area (Å²) in [6.07, 6.45) is 5.25. The standard InChI is InChI=1S/C11H14ClN5/c1-2-5-17-6-13-9-8(17)10(14-7-3-4-7)16-11(12)15-9/h6-7H,2-5H2,1H3,(H,14,15,16). The Morgan fingerprint density at radius 1 is 1.47 bits per heavy atom. The number of imidazole rings is 1. The minimum atomic E-state index is 0.252. The second-order valence-electron chi connectivity index (χ2n) is 4.37. The molecule has 1 N–H and O–H groups in total. The van der Waals surface area contributed by atoms with E-state index in [0.717, 1.165) is 24.3 Å². The van der Waals surface area contributed by atoms with E-state index in [9.17, 15) is 0 Å². The van der Waals surface area contributed by atoms with Crippen LogP contribution in [0.2, 0.25) is 5.28 Å². The molecule has 2 heterocycles. The number of nitrogens with one attached hydrogen (secondary N) is 1. The van der Waals surface area contributed by atoms with Gasteiger partial charge in [-0.2, -0.15) is 9.97 Å². The molecular weight excluding hydrogens is 238 g/mol. The summed E-state index contributed by atoms with van der Waals surface area (Å²) in [7, 11) is 0. The van der Waals surface area contributed by atoms with Crippen LogP contribution >= 0.6 is 11.6 Å². The smallest absolute Gasteiger partial charge is 0.226 e. The van der Waals surface area contributed by atoms with Crippen LogP contribution in [0.3, 0.4) is 0 Å². The number of aromatic nitrogens is 4. The van der Waals surface area contributed by atoms with E-state index < -0.39 is 0 Å². The fraction of sp³-hybridized carbons (Fsp3) is 0.545. The largest absolute Gasteiger partial charge is 0.365 e. The highest BCUT2D eigenvalue weighted by Gasteiger charge is 2.24. The van der Waals surface area contributed by atoms with Crippen molar-refractivity contribution in [2.45, 2.75) is 38.8 Å². The van der Waals surface area contributed by atoms with Gasteiger partial charge in [0.25, 0.3) is 0 Å². The lowest BCUT2D eigenvalue weighted by Crippen LogP contribution is -2.07. The first-order valence-corrected chi connectivity index (χ1v) is 6.30. The fourth-order valence-corrected chi connectivity index (χ4v) is 2.05. The van der Waals surface area contributed by atoms with Crippen LogP contribution in [0.25, 0.3) is 11.2 Å². The minimum Gasteiger partial charge on any atom is -0.365 e. The molecule has 0 aromatic carbocycles. The van der Waals surface area contributed by atoms with Crippen LogP contribution in [0.4, 0.5) is 5.82 Å². The Morgan fingerprint density at radius 3 is 3.00 bits per heavy atom. The van der Waals surface area contributed by atoms with Gasteiger partial charge in [-0.05, 0) is 30.9 Å². The molecule has 0 aliphatic heterocycles. The quantitative estimate of drug-likeness (QED) is 0.849. The monoisotopic (exact) mass is 251 g/mol. The Hall–Kier alpha value is -1.36. The van der Waals surface area contributed by atoms with Gasteiger partial charge in [0.15, 0.2) is 11.5 Å². The first kappa shape index (κ1) is 10.8. The summed E-state index contributed by atoms with van der Waals surface area (Å²) in [6, 6.07) is 0.536. The van der Waals surface area contributed by atoms with Gasteiger partial charge in [-0.1, -0.05) is 6.92 Å². The maximum Gasteiger partial charge on any atom is 0.226 e. The molecule has 0 saturated heterocycles. The van der Waals surface area contributed by atoms with Crippen LogP contribution in [-0.2, 0) is 6.54 Å². The predicted octanol–water partition coefficient (Wildman–Crippen LogP) is 2.46. The molecule has 0 spiro atoms. The van der Waals surface area contributed by atoms with Crippen molar-refractivity contribution in [2.75, 3.05) is 5.32 Å². The predicted molar refractivity (Wildman–Crippen MR) is 67.3 cm³/mol. The van der Waals surface area contributed by atoms with Gasteiger partial charge in [0.05, 0.1) is 6.33 Å². The molecule has 2 aromatic rings. The highest BCUT2D eigenvalue weighted by atomic mass is 35.5. The molecule has 0 unspecified atom stereocenters. The lowest BCUT2D eigenvalue weighted by atomic mass is 10.4. The maximum absolute atomic E-state index is 5.90. The van der Waals surface area contributed by atoms with Crippen molar-refractivity contribution in [1.29, 1.82) is 0 Å². The molecule has 6 heteroatoms. The van der Waals surface area contributed by atoms with Crippen molar-refractivity contribution in [1.82, 2.24) is 19.5 Å². The van der Waals surface area contributed by atoms with E-state index in [1.165, 1.54) is 12.8 Å². The summed E-state index contributed by atoms with van der Waals surface area (Å²) < 4.78 is 2.08. The number of anilines is 1.